The average Bonchev–Trinajstić information content (AvgIpc) is 2.90. The summed E-state index contributed by atoms with van der Waals surface area (Å²) in [4.78, 5) is 13.9. The Kier molecular flexibility index (Phi) is 2.47. The minimum absolute atomic E-state index is 0.100. The van der Waals surface area contributed by atoms with Gasteiger partial charge in [-0.15, -0.1) is 0 Å². The first-order valence-corrected chi connectivity index (χ1v) is 5.76. The molecular formula is C12H13N5O. The summed E-state index contributed by atoms with van der Waals surface area (Å²) in [5.41, 5.74) is 9.21. The third kappa shape index (κ3) is 1.81. The lowest BCUT2D eigenvalue weighted by Crippen LogP contribution is -2.36. The highest BCUT2D eigenvalue weighted by Crippen LogP contribution is 2.22. The topological polar surface area (TPSA) is 87.9 Å². The van der Waals surface area contributed by atoms with Crippen molar-refractivity contribution in [1.29, 1.82) is 0 Å². The molecule has 0 saturated heterocycles. The van der Waals surface area contributed by atoms with Crippen molar-refractivity contribution in [3.8, 4) is 0 Å². The van der Waals surface area contributed by atoms with Crippen molar-refractivity contribution < 1.29 is 4.79 Å². The molecule has 0 bridgehead atoms. The Morgan fingerprint density at radius 2 is 2.28 bits per heavy atom. The monoisotopic (exact) mass is 243 g/mol. The summed E-state index contributed by atoms with van der Waals surface area (Å²) in [7, 11) is 0. The Labute approximate surface area is 104 Å². The highest BCUT2D eigenvalue weighted by Gasteiger charge is 2.23. The number of rotatable bonds is 1. The molecule has 1 aromatic heterocycles. The van der Waals surface area contributed by atoms with Crippen LogP contribution in [0.25, 0.3) is 0 Å². The zero-order valence-corrected chi connectivity index (χ0v) is 9.76. The van der Waals surface area contributed by atoms with E-state index >= 15 is 0 Å². The minimum Gasteiger partial charge on any atom is -0.399 e. The summed E-state index contributed by atoms with van der Waals surface area (Å²) in [5.74, 6) is -0.100. The summed E-state index contributed by atoms with van der Waals surface area (Å²) < 4.78 is 0. The van der Waals surface area contributed by atoms with E-state index in [-0.39, 0.29) is 5.91 Å². The molecule has 3 N–H and O–H groups in total. The van der Waals surface area contributed by atoms with E-state index < -0.39 is 0 Å². The normalized spacial score (nSPS) is 14.3. The van der Waals surface area contributed by atoms with Gasteiger partial charge in [-0.3, -0.25) is 4.79 Å². The molecule has 0 unspecified atom stereocenters. The van der Waals surface area contributed by atoms with Gasteiger partial charge in [0.1, 0.15) is 0 Å². The predicted octanol–water partition coefficient (Wildman–Crippen LogP) is 0.585. The summed E-state index contributed by atoms with van der Waals surface area (Å²) >= 11 is 0. The van der Waals surface area contributed by atoms with Gasteiger partial charge >= 0.3 is 0 Å². The Hall–Kier alpha value is -2.37. The van der Waals surface area contributed by atoms with Crippen molar-refractivity contribution in [2.75, 3.05) is 12.3 Å². The van der Waals surface area contributed by atoms with Crippen molar-refractivity contribution in [2.24, 2.45) is 0 Å². The minimum atomic E-state index is -0.100. The van der Waals surface area contributed by atoms with Crippen LogP contribution in [0.15, 0.2) is 24.4 Å². The largest absolute Gasteiger partial charge is 0.399 e. The SMILES string of the molecule is Nc1ccc2c(c1)CN(C(=O)c1cn[nH]n1)CC2. The van der Waals surface area contributed by atoms with Gasteiger partial charge in [0.25, 0.3) is 5.91 Å². The fraction of sp³-hybridized carbons (Fsp3) is 0.250. The Balaban J connectivity index is 1.84. The molecular weight excluding hydrogens is 230 g/mol. The lowest BCUT2D eigenvalue weighted by molar-refractivity contribution is 0.0728. The van der Waals surface area contributed by atoms with E-state index in [4.69, 9.17) is 5.73 Å². The number of amides is 1. The van der Waals surface area contributed by atoms with Crippen molar-refractivity contribution in [3.05, 3.63) is 41.2 Å². The molecule has 0 radical (unpaired) electrons. The fourth-order valence-electron chi connectivity index (χ4n) is 2.22. The van der Waals surface area contributed by atoms with Crippen molar-refractivity contribution in [2.45, 2.75) is 13.0 Å². The van der Waals surface area contributed by atoms with Crippen LogP contribution in [0.4, 0.5) is 5.69 Å². The van der Waals surface area contributed by atoms with E-state index in [1.165, 1.54) is 11.8 Å². The Morgan fingerprint density at radius 3 is 3.06 bits per heavy atom. The maximum atomic E-state index is 12.1. The molecule has 2 aromatic rings. The second kappa shape index (κ2) is 4.14. The first-order valence-electron chi connectivity index (χ1n) is 5.76. The van der Waals surface area contributed by atoms with E-state index in [9.17, 15) is 4.79 Å². The van der Waals surface area contributed by atoms with Gasteiger partial charge in [-0.2, -0.15) is 15.4 Å². The van der Waals surface area contributed by atoms with Crippen molar-refractivity contribution in [1.82, 2.24) is 20.3 Å². The molecule has 0 spiro atoms. The maximum absolute atomic E-state index is 12.1. The molecule has 0 saturated carbocycles. The molecule has 1 aromatic carbocycles. The molecule has 6 heteroatoms. The van der Waals surface area contributed by atoms with E-state index in [0.29, 0.717) is 18.8 Å². The van der Waals surface area contributed by atoms with Gasteiger partial charge in [0.2, 0.25) is 0 Å². The average molecular weight is 243 g/mol. The Morgan fingerprint density at radius 1 is 1.39 bits per heavy atom. The van der Waals surface area contributed by atoms with Gasteiger partial charge < -0.3 is 10.6 Å². The summed E-state index contributed by atoms with van der Waals surface area (Å²) in [6.45, 7) is 1.27. The maximum Gasteiger partial charge on any atom is 0.276 e. The number of aromatic nitrogens is 3. The molecule has 2 heterocycles. The van der Waals surface area contributed by atoms with Crippen LogP contribution in [0.1, 0.15) is 21.6 Å². The van der Waals surface area contributed by atoms with Crippen LogP contribution >= 0.6 is 0 Å². The van der Waals surface area contributed by atoms with Crippen LogP contribution in [-0.4, -0.2) is 32.8 Å². The quantitative estimate of drug-likeness (QED) is 0.717. The summed E-state index contributed by atoms with van der Waals surface area (Å²) in [6, 6.07) is 5.86. The fourth-order valence-corrected chi connectivity index (χ4v) is 2.22. The van der Waals surface area contributed by atoms with Crippen molar-refractivity contribution in [3.63, 3.8) is 0 Å². The highest BCUT2D eigenvalue weighted by molar-refractivity contribution is 5.92. The summed E-state index contributed by atoms with van der Waals surface area (Å²) in [6.07, 6.45) is 2.29. The molecule has 0 atom stereocenters. The zero-order valence-electron chi connectivity index (χ0n) is 9.76. The van der Waals surface area contributed by atoms with Crippen molar-refractivity contribution >= 4 is 11.6 Å². The van der Waals surface area contributed by atoms with Crippen LogP contribution < -0.4 is 5.73 Å². The molecule has 0 fully saturated rings. The predicted molar refractivity (Wildman–Crippen MR) is 65.7 cm³/mol. The number of nitrogens with two attached hydrogens (primary N) is 1. The number of aromatic amines is 1. The number of H-pyrrole nitrogens is 1. The zero-order chi connectivity index (χ0) is 12.5. The van der Waals surface area contributed by atoms with E-state index in [0.717, 1.165) is 17.7 Å². The van der Waals surface area contributed by atoms with Gasteiger partial charge in [-0.25, -0.2) is 0 Å². The lowest BCUT2D eigenvalue weighted by Gasteiger charge is -2.28. The number of benzene rings is 1. The number of hydrogen-bond acceptors (Lipinski definition) is 4. The number of nitrogen functional groups attached to an aromatic ring is 1. The number of anilines is 1. The smallest absolute Gasteiger partial charge is 0.276 e. The van der Waals surface area contributed by atoms with Crippen LogP contribution in [0, 0.1) is 0 Å². The van der Waals surface area contributed by atoms with Gasteiger partial charge in [-0.05, 0) is 29.7 Å². The number of fused-ring (bicyclic) bond motifs is 1. The number of hydrogen-bond donors (Lipinski definition) is 2. The molecule has 6 nitrogen and oxygen atoms in total. The van der Waals surface area contributed by atoms with Crippen LogP contribution in [0.5, 0.6) is 0 Å². The molecule has 1 aliphatic heterocycles. The van der Waals surface area contributed by atoms with Crippen LogP contribution in [0.3, 0.4) is 0 Å². The van der Waals surface area contributed by atoms with Crippen LogP contribution in [-0.2, 0) is 13.0 Å². The molecule has 1 aliphatic rings. The first-order chi connectivity index (χ1) is 8.74. The summed E-state index contributed by atoms with van der Waals surface area (Å²) in [5, 5.41) is 9.92. The highest BCUT2D eigenvalue weighted by atomic mass is 16.2. The first kappa shape index (κ1) is 10.8. The number of nitrogens with one attached hydrogen (secondary N) is 1. The molecule has 1 amide bonds. The Bertz CT molecular complexity index is 578. The molecule has 3 rings (SSSR count). The van der Waals surface area contributed by atoms with Gasteiger partial charge in [-0.1, -0.05) is 6.07 Å². The van der Waals surface area contributed by atoms with E-state index in [2.05, 4.69) is 15.4 Å². The third-order valence-electron chi connectivity index (χ3n) is 3.16. The standard InChI is InChI=1S/C12H13N5O/c13-10-2-1-8-3-4-17(7-9(8)5-10)12(18)11-6-14-16-15-11/h1-2,5-6H,3-4,7,13H2,(H,14,15,16). The van der Waals surface area contributed by atoms with Crippen LogP contribution in [0.2, 0.25) is 0 Å². The second-order valence-electron chi connectivity index (χ2n) is 4.36. The van der Waals surface area contributed by atoms with E-state index in [1.807, 2.05) is 18.2 Å². The lowest BCUT2D eigenvalue weighted by atomic mass is 9.99. The number of nitrogens with zero attached hydrogens (tertiary/aromatic N) is 3. The number of carbonyl (C=O) groups is 1. The molecule has 0 aliphatic carbocycles. The molecule has 18 heavy (non-hydrogen) atoms. The van der Waals surface area contributed by atoms with Gasteiger partial charge in [0, 0.05) is 18.8 Å². The second-order valence-corrected chi connectivity index (χ2v) is 4.36. The molecule has 92 valence electrons. The third-order valence-corrected chi connectivity index (χ3v) is 3.16. The van der Waals surface area contributed by atoms with Gasteiger partial charge in [0.15, 0.2) is 5.69 Å². The van der Waals surface area contributed by atoms with Gasteiger partial charge in [0.05, 0.1) is 6.20 Å². The van der Waals surface area contributed by atoms with E-state index in [1.54, 1.807) is 4.90 Å². The number of carbonyl (C=O) groups excluding carboxylic acids is 1.